The predicted octanol–water partition coefficient (Wildman–Crippen LogP) is 5.77. The van der Waals surface area contributed by atoms with Gasteiger partial charge in [-0.05, 0) is 79.4 Å². The van der Waals surface area contributed by atoms with Crippen LogP contribution in [0, 0.1) is 24.0 Å². The second-order valence-electron chi connectivity index (χ2n) is 9.90. The lowest BCUT2D eigenvalue weighted by Crippen LogP contribution is -2.29. The maximum absolute atomic E-state index is 13.5. The smallest absolute Gasteiger partial charge is 0.301 e. The van der Waals surface area contributed by atoms with Gasteiger partial charge in [-0.15, -0.1) is 0 Å². The molecular weight excluding hydrogens is 518 g/mol. The summed E-state index contributed by atoms with van der Waals surface area (Å²) in [7, 11) is 0. The molecule has 3 aromatic carbocycles. The van der Waals surface area contributed by atoms with Crippen LogP contribution in [0.5, 0.6) is 5.75 Å². The summed E-state index contributed by atoms with van der Waals surface area (Å²) >= 11 is 1.27. The van der Waals surface area contributed by atoms with Crippen molar-refractivity contribution in [1.82, 2.24) is 4.98 Å². The SMILES string of the molecule is Cc1cc(C)c2nc(N3C(=O)C(=O)C(=C(O)c4ccc5c(c4)C[C@H](C)O5)[C@H]3c3ccc([N+](=O)[O-])cc3)sc2c1. The van der Waals surface area contributed by atoms with Crippen molar-refractivity contribution >= 4 is 49.8 Å². The predicted molar refractivity (Wildman–Crippen MR) is 147 cm³/mol. The molecule has 0 aliphatic carbocycles. The lowest BCUT2D eigenvalue weighted by atomic mass is 9.94. The fourth-order valence-corrected chi connectivity index (χ4v) is 6.48. The molecule has 0 bridgehead atoms. The molecule has 2 aliphatic rings. The highest BCUT2D eigenvalue weighted by Crippen LogP contribution is 2.45. The number of aromatic nitrogens is 1. The molecule has 2 aliphatic heterocycles. The largest absolute Gasteiger partial charge is 0.507 e. The Labute approximate surface area is 227 Å². The molecule has 0 saturated carbocycles. The van der Waals surface area contributed by atoms with Crippen LogP contribution in [0.25, 0.3) is 16.0 Å². The van der Waals surface area contributed by atoms with Gasteiger partial charge in [0.1, 0.15) is 17.6 Å². The molecule has 2 atom stereocenters. The van der Waals surface area contributed by atoms with Crippen molar-refractivity contribution in [2.75, 3.05) is 4.90 Å². The van der Waals surface area contributed by atoms with Crippen molar-refractivity contribution in [3.8, 4) is 5.75 Å². The quantitative estimate of drug-likeness (QED) is 0.114. The number of nitrogens with zero attached hydrogens (tertiary/aromatic N) is 3. The maximum atomic E-state index is 13.5. The van der Waals surface area contributed by atoms with E-state index in [2.05, 4.69) is 0 Å². The Hall–Kier alpha value is -4.57. The summed E-state index contributed by atoms with van der Waals surface area (Å²) in [5.41, 5.74) is 4.17. The van der Waals surface area contributed by atoms with E-state index in [1.807, 2.05) is 32.9 Å². The van der Waals surface area contributed by atoms with Gasteiger partial charge >= 0.3 is 5.91 Å². The zero-order chi connectivity index (χ0) is 27.6. The number of non-ortho nitro benzene ring substituents is 1. The van der Waals surface area contributed by atoms with Gasteiger partial charge in [-0.3, -0.25) is 24.6 Å². The van der Waals surface area contributed by atoms with Gasteiger partial charge < -0.3 is 9.84 Å². The van der Waals surface area contributed by atoms with Gasteiger partial charge in [-0.2, -0.15) is 0 Å². The number of hydrogen-bond acceptors (Lipinski definition) is 8. The number of ether oxygens (including phenoxy) is 1. The van der Waals surface area contributed by atoms with Crippen molar-refractivity contribution in [2.45, 2.75) is 39.3 Å². The third-order valence-corrected chi connectivity index (χ3v) is 8.06. The number of aliphatic hydroxyl groups is 1. The van der Waals surface area contributed by atoms with Crippen molar-refractivity contribution in [3.05, 3.63) is 98.1 Å². The summed E-state index contributed by atoms with van der Waals surface area (Å²) in [6, 6.07) is 13.7. The molecule has 1 N–H and O–H groups in total. The molecule has 39 heavy (non-hydrogen) atoms. The van der Waals surface area contributed by atoms with Crippen LogP contribution in [0.15, 0.2) is 60.2 Å². The van der Waals surface area contributed by atoms with Crippen molar-refractivity contribution in [3.63, 3.8) is 0 Å². The highest BCUT2D eigenvalue weighted by molar-refractivity contribution is 7.22. The fourth-order valence-electron chi connectivity index (χ4n) is 5.31. The van der Waals surface area contributed by atoms with Gasteiger partial charge in [0.05, 0.1) is 26.8 Å². The molecule has 4 aromatic rings. The van der Waals surface area contributed by atoms with Crippen molar-refractivity contribution < 1.29 is 24.4 Å². The average molecular weight is 542 g/mol. The zero-order valence-corrected chi connectivity index (χ0v) is 22.1. The first-order chi connectivity index (χ1) is 18.6. The highest BCUT2D eigenvalue weighted by atomic mass is 32.1. The third-order valence-electron chi connectivity index (χ3n) is 7.06. The Morgan fingerprint density at radius 3 is 2.59 bits per heavy atom. The van der Waals surface area contributed by atoms with Crippen LogP contribution < -0.4 is 9.64 Å². The average Bonchev–Trinajstić information content (AvgIpc) is 3.56. The number of hydrogen-bond donors (Lipinski definition) is 1. The van der Waals surface area contributed by atoms with Crippen LogP contribution >= 0.6 is 11.3 Å². The number of carbonyl (C=O) groups excluding carboxylic acids is 2. The molecule has 3 heterocycles. The van der Waals surface area contributed by atoms with Crippen LogP contribution in [0.3, 0.4) is 0 Å². The van der Waals surface area contributed by atoms with E-state index in [4.69, 9.17) is 9.72 Å². The van der Waals surface area contributed by atoms with E-state index in [0.717, 1.165) is 26.9 Å². The first-order valence-electron chi connectivity index (χ1n) is 12.4. The van der Waals surface area contributed by atoms with Gasteiger partial charge in [-0.25, -0.2) is 4.98 Å². The Morgan fingerprint density at radius 1 is 1.13 bits per heavy atom. The topological polar surface area (TPSA) is 123 Å². The Bertz CT molecular complexity index is 1740. The normalized spacial score (nSPS) is 19.9. The van der Waals surface area contributed by atoms with E-state index in [1.54, 1.807) is 18.2 Å². The molecule has 1 amide bonds. The minimum absolute atomic E-state index is 0.00536. The number of carbonyl (C=O) groups is 2. The summed E-state index contributed by atoms with van der Waals surface area (Å²) in [6.45, 7) is 5.84. The first kappa shape index (κ1) is 24.7. The molecule has 1 aromatic heterocycles. The minimum Gasteiger partial charge on any atom is -0.507 e. The summed E-state index contributed by atoms with van der Waals surface area (Å²) in [6.07, 6.45) is 0.648. The second kappa shape index (κ2) is 9.02. The maximum Gasteiger partial charge on any atom is 0.301 e. The molecule has 0 unspecified atom stereocenters. The molecule has 1 fully saturated rings. The van der Waals surface area contributed by atoms with Gasteiger partial charge in [0.25, 0.3) is 11.5 Å². The van der Waals surface area contributed by atoms with Crippen molar-refractivity contribution in [2.24, 2.45) is 0 Å². The van der Waals surface area contributed by atoms with Crippen molar-refractivity contribution in [1.29, 1.82) is 0 Å². The number of amides is 1. The number of rotatable bonds is 4. The highest BCUT2D eigenvalue weighted by Gasteiger charge is 2.48. The molecule has 1 saturated heterocycles. The first-order valence-corrected chi connectivity index (χ1v) is 13.2. The molecule has 6 rings (SSSR count). The van der Waals surface area contributed by atoms with Crippen LogP contribution in [0.2, 0.25) is 0 Å². The minimum atomic E-state index is -1.03. The molecule has 0 radical (unpaired) electrons. The molecule has 0 spiro atoms. The van der Waals surface area contributed by atoms with Gasteiger partial charge in [-0.1, -0.05) is 17.4 Å². The number of Topliss-reactive ketones (excluding diaryl/α,β-unsaturated/α-hetero) is 1. The number of benzene rings is 3. The number of nitro groups is 1. The Morgan fingerprint density at radius 2 is 1.87 bits per heavy atom. The van der Waals surface area contributed by atoms with Gasteiger partial charge in [0, 0.05) is 24.1 Å². The molecular formula is C29H23N3O6S. The lowest BCUT2D eigenvalue weighted by molar-refractivity contribution is -0.384. The Kier molecular flexibility index (Phi) is 5.72. The van der Waals surface area contributed by atoms with Crippen LogP contribution in [-0.2, 0) is 16.0 Å². The lowest BCUT2D eigenvalue weighted by Gasteiger charge is -2.23. The van der Waals surface area contributed by atoms with E-state index in [1.165, 1.54) is 40.5 Å². The number of aryl methyl sites for hydroxylation is 2. The number of fused-ring (bicyclic) bond motifs is 2. The summed E-state index contributed by atoms with van der Waals surface area (Å²) in [5.74, 6) is -1.29. The monoisotopic (exact) mass is 541 g/mol. The van der Waals surface area contributed by atoms with E-state index < -0.39 is 22.7 Å². The number of ketones is 1. The van der Waals surface area contributed by atoms with Gasteiger partial charge in [0.15, 0.2) is 5.13 Å². The molecule has 10 heteroatoms. The van der Waals surface area contributed by atoms with Crippen LogP contribution in [-0.4, -0.2) is 32.8 Å². The Balaban J connectivity index is 1.54. The number of aliphatic hydroxyl groups excluding tert-OH is 1. The van der Waals surface area contributed by atoms with Crippen LogP contribution in [0.4, 0.5) is 10.8 Å². The number of thiazole rings is 1. The summed E-state index contributed by atoms with van der Waals surface area (Å²) in [4.78, 5) is 43.8. The van der Waals surface area contributed by atoms with E-state index in [0.29, 0.717) is 28.4 Å². The number of anilines is 1. The summed E-state index contributed by atoms with van der Waals surface area (Å²) in [5, 5.41) is 23.1. The van der Waals surface area contributed by atoms with E-state index in [9.17, 15) is 24.8 Å². The second-order valence-corrected chi connectivity index (χ2v) is 10.9. The standard InChI is InChI=1S/C29H23N3O6S/c1-14-10-15(2)24-22(11-14)39-29(30-24)31-25(17-4-7-20(8-5-17)32(36)37)23(27(34)28(31)35)26(33)18-6-9-21-19(13-18)12-16(3)38-21/h4-11,13,16,25,33H,12H2,1-3H3/t16-,25+/m0/s1. The summed E-state index contributed by atoms with van der Waals surface area (Å²) < 4.78 is 6.62. The third kappa shape index (κ3) is 4.04. The number of nitro benzene ring substituents is 1. The van der Waals surface area contributed by atoms with Crippen LogP contribution in [0.1, 0.15) is 40.8 Å². The van der Waals surface area contributed by atoms with Gasteiger partial charge in [0.2, 0.25) is 0 Å². The van der Waals surface area contributed by atoms with E-state index >= 15 is 0 Å². The zero-order valence-electron chi connectivity index (χ0n) is 21.3. The fraction of sp³-hybridized carbons (Fsp3) is 0.207. The molecule has 196 valence electrons. The molecule has 9 nitrogen and oxygen atoms in total. The van der Waals surface area contributed by atoms with E-state index in [-0.39, 0.29) is 23.1 Å².